The van der Waals surface area contributed by atoms with E-state index in [-0.39, 0.29) is 11.1 Å². The summed E-state index contributed by atoms with van der Waals surface area (Å²) in [4.78, 5) is 6.67. The van der Waals surface area contributed by atoms with Crippen LogP contribution in [0.2, 0.25) is 0 Å². The number of rotatable bonds is 2. The van der Waals surface area contributed by atoms with Gasteiger partial charge in [-0.1, -0.05) is 12.1 Å². The van der Waals surface area contributed by atoms with Crippen molar-refractivity contribution in [3.63, 3.8) is 0 Å². The number of nitrogens with zero attached hydrogens (tertiary/aromatic N) is 2. The Hall–Kier alpha value is -1.75. The maximum atomic E-state index is 6.21. The van der Waals surface area contributed by atoms with Crippen molar-refractivity contribution in [2.45, 2.75) is 37.8 Å². The van der Waals surface area contributed by atoms with E-state index in [9.17, 15) is 0 Å². The minimum atomic E-state index is -0.168. The fraction of sp³-hybridized carbons (Fsp3) is 0.562. The Morgan fingerprint density at radius 1 is 1.33 bits per heavy atom. The van der Waals surface area contributed by atoms with Gasteiger partial charge in [-0.05, 0) is 32.4 Å². The SMILES string of the molecule is COc1ccccc1N1C(N)=NCC12CCOC(C)(C)C2. The van der Waals surface area contributed by atoms with Crippen molar-refractivity contribution in [3.8, 4) is 5.75 Å². The Bertz CT molecular complexity index is 570. The highest BCUT2D eigenvalue weighted by atomic mass is 16.5. The molecular formula is C16H23N3O2. The van der Waals surface area contributed by atoms with Gasteiger partial charge in [-0.25, -0.2) is 0 Å². The molecule has 1 spiro atoms. The van der Waals surface area contributed by atoms with Gasteiger partial charge in [0.15, 0.2) is 5.96 Å². The number of para-hydroxylation sites is 2. The van der Waals surface area contributed by atoms with E-state index in [1.54, 1.807) is 7.11 Å². The highest BCUT2D eigenvalue weighted by Gasteiger charge is 2.49. The lowest BCUT2D eigenvalue weighted by Crippen LogP contribution is -2.58. The molecule has 1 atom stereocenters. The van der Waals surface area contributed by atoms with E-state index in [0.29, 0.717) is 12.5 Å². The van der Waals surface area contributed by atoms with Crippen molar-refractivity contribution < 1.29 is 9.47 Å². The van der Waals surface area contributed by atoms with Gasteiger partial charge in [-0.2, -0.15) is 0 Å². The van der Waals surface area contributed by atoms with Crippen molar-refractivity contribution in [2.75, 3.05) is 25.2 Å². The highest BCUT2D eigenvalue weighted by Crippen LogP contribution is 2.44. The molecule has 0 bridgehead atoms. The van der Waals surface area contributed by atoms with Crippen molar-refractivity contribution in [2.24, 2.45) is 10.7 Å². The lowest BCUT2D eigenvalue weighted by atomic mass is 9.80. The molecule has 1 fully saturated rings. The van der Waals surface area contributed by atoms with Gasteiger partial charge >= 0.3 is 0 Å². The quantitative estimate of drug-likeness (QED) is 0.906. The fourth-order valence-electron chi connectivity index (χ4n) is 3.58. The van der Waals surface area contributed by atoms with Crippen LogP contribution in [0.1, 0.15) is 26.7 Å². The Balaban J connectivity index is 2.03. The van der Waals surface area contributed by atoms with Crippen LogP contribution >= 0.6 is 0 Å². The topological polar surface area (TPSA) is 60.1 Å². The summed E-state index contributed by atoms with van der Waals surface area (Å²) in [5.74, 6) is 1.39. The number of ether oxygens (including phenoxy) is 2. The van der Waals surface area contributed by atoms with Crippen molar-refractivity contribution in [3.05, 3.63) is 24.3 Å². The van der Waals surface area contributed by atoms with Crippen LogP contribution in [0, 0.1) is 0 Å². The van der Waals surface area contributed by atoms with Gasteiger partial charge in [0.2, 0.25) is 0 Å². The molecule has 0 amide bonds. The van der Waals surface area contributed by atoms with Crippen LogP contribution < -0.4 is 15.4 Å². The maximum Gasteiger partial charge on any atom is 0.196 e. The molecule has 0 aromatic heterocycles. The van der Waals surface area contributed by atoms with Gasteiger partial charge in [0.05, 0.1) is 30.5 Å². The van der Waals surface area contributed by atoms with Gasteiger partial charge in [0.1, 0.15) is 5.75 Å². The van der Waals surface area contributed by atoms with Crippen molar-refractivity contribution in [1.82, 2.24) is 0 Å². The molecule has 1 aromatic rings. The molecule has 1 aromatic carbocycles. The van der Waals surface area contributed by atoms with Crippen LogP contribution in [0.25, 0.3) is 0 Å². The summed E-state index contributed by atoms with van der Waals surface area (Å²) < 4.78 is 11.4. The lowest BCUT2D eigenvalue weighted by molar-refractivity contribution is -0.0758. The third kappa shape index (κ3) is 2.35. The summed E-state index contributed by atoms with van der Waals surface area (Å²) in [6.45, 7) is 5.69. The molecule has 0 saturated carbocycles. The molecule has 2 aliphatic heterocycles. The molecule has 2 N–H and O–H groups in total. The minimum Gasteiger partial charge on any atom is -0.495 e. The summed E-state index contributed by atoms with van der Waals surface area (Å²) in [6, 6.07) is 7.96. The van der Waals surface area contributed by atoms with Gasteiger partial charge in [-0.3, -0.25) is 4.99 Å². The second-order valence-corrected chi connectivity index (χ2v) is 6.44. The Labute approximate surface area is 125 Å². The Morgan fingerprint density at radius 3 is 2.81 bits per heavy atom. The molecule has 0 aliphatic carbocycles. The minimum absolute atomic E-state index is 0.111. The maximum absolute atomic E-state index is 6.21. The zero-order chi connectivity index (χ0) is 15.1. The average molecular weight is 289 g/mol. The van der Waals surface area contributed by atoms with E-state index < -0.39 is 0 Å². The third-order valence-corrected chi connectivity index (χ3v) is 4.38. The molecule has 2 heterocycles. The lowest BCUT2D eigenvalue weighted by Gasteiger charge is -2.47. The van der Waals surface area contributed by atoms with Crippen LogP contribution in [0.5, 0.6) is 5.75 Å². The summed E-state index contributed by atoms with van der Waals surface area (Å²) in [7, 11) is 1.68. The standard InChI is InChI=1S/C16H23N3O2/c1-15(2)10-16(8-9-21-15)11-18-14(17)19(16)12-6-4-5-7-13(12)20-3/h4-7H,8-11H2,1-3H3,(H2,17,18). The normalized spacial score (nSPS) is 27.8. The van der Waals surface area contributed by atoms with Crippen LogP contribution in [0.3, 0.4) is 0 Å². The van der Waals surface area contributed by atoms with Gasteiger partial charge in [-0.15, -0.1) is 0 Å². The predicted molar refractivity (Wildman–Crippen MR) is 84.0 cm³/mol. The summed E-state index contributed by atoms with van der Waals surface area (Å²) >= 11 is 0. The molecule has 5 heteroatoms. The first-order valence-corrected chi connectivity index (χ1v) is 7.35. The number of guanidine groups is 1. The molecular weight excluding hydrogens is 266 g/mol. The van der Waals surface area contributed by atoms with E-state index in [1.165, 1.54) is 0 Å². The molecule has 1 saturated heterocycles. The number of benzene rings is 1. The largest absolute Gasteiger partial charge is 0.495 e. The van der Waals surface area contributed by atoms with Crippen LogP contribution in [0.4, 0.5) is 5.69 Å². The fourth-order valence-corrected chi connectivity index (χ4v) is 3.58. The van der Waals surface area contributed by atoms with E-state index in [1.807, 2.05) is 24.3 Å². The van der Waals surface area contributed by atoms with E-state index in [2.05, 4.69) is 23.7 Å². The Morgan fingerprint density at radius 2 is 2.10 bits per heavy atom. The number of hydrogen-bond donors (Lipinski definition) is 1. The monoisotopic (exact) mass is 289 g/mol. The average Bonchev–Trinajstić information content (AvgIpc) is 2.74. The molecule has 21 heavy (non-hydrogen) atoms. The van der Waals surface area contributed by atoms with E-state index in [0.717, 1.165) is 30.9 Å². The van der Waals surface area contributed by atoms with E-state index >= 15 is 0 Å². The first kappa shape index (κ1) is 14.2. The van der Waals surface area contributed by atoms with Gasteiger partial charge in [0, 0.05) is 13.0 Å². The smallest absolute Gasteiger partial charge is 0.196 e. The number of hydrogen-bond acceptors (Lipinski definition) is 5. The molecule has 5 nitrogen and oxygen atoms in total. The molecule has 3 rings (SSSR count). The van der Waals surface area contributed by atoms with Crippen molar-refractivity contribution in [1.29, 1.82) is 0 Å². The number of methoxy groups -OCH3 is 1. The summed E-state index contributed by atoms with van der Waals surface area (Å²) in [5.41, 5.74) is 6.91. The first-order valence-electron chi connectivity index (χ1n) is 7.35. The van der Waals surface area contributed by atoms with Crippen LogP contribution in [-0.2, 0) is 4.74 Å². The van der Waals surface area contributed by atoms with Crippen molar-refractivity contribution >= 4 is 11.6 Å². The first-order chi connectivity index (χ1) is 9.97. The zero-order valence-corrected chi connectivity index (χ0v) is 12.9. The summed E-state index contributed by atoms with van der Waals surface area (Å²) in [5, 5.41) is 0. The van der Waals surface area contributed by atoms with Crippen LogP contribution in [-0.4, -0.2) is 37.4 Å². The van der Waals surface area contributed by atoms with E-state index in [4.69, 9.17) is 15.2 Å². The second-order valence-electron chi connectivity index (χ2n) is 6.44. The molecule has 0 radical (unpaired) electrons. The zero-order valence-electron chi connectivity index (χ0n) is 12.9. The van der Waals surface area contributed by atoms with Crippen LogP contribution in [0.15, 0.2) is 29.3 Å². The molecule has 114 valence electrons. The molecule has 2 aliphatic rings. The second kappa shape index (κ2) is 4.91. The highest BCUT2D eigenvalue weighted by molar-refractivity contribution is 5.99. The van der Waals surface area contributed by atoms with Gasteiger partial charge < -0.3 is 20.1 Å². The third-order valence-electron chi connectivity index (χ3n) is 4.38. The molecule has 1 unspecified atom stereocenters. The van der Waals surface area contributed by atoms with Gasteiger partial charge in [0.25, 0.3) is 0 Å². The summed E-state index contributed by atoms with van der Waals surface area (Å²) in [6.07, 6.45) is 1.81. The number of nitrogens with two attached hydrogens (primary N) is 1. The predicted octanol–water partition coefficient (Wildman–Crippen LogP) is 2.16. The Kier molecular flexibility index (Phi) is 3.32. The number of aliphatic imine (C=N–C) groups is 1. The number of anilines is 1.